The Morgan fingerprint density at radius 3 is 1.37 bits per heavy atom. The molecule has 0 spiro atoms. The van der Waals surface area contributed by atoms with E-state index in [-0.39, 0.29) is 282 Å². The van der Waals surface area contributed by atoms with E-state index >= 15 is 0 Å². The van der Waals surface area contributed by atoms with Crippen molar-refractivity contribution in [2.75, 3.05) is 0 Å². The van der Waals surface area contributed by atoms with Gasteiger partial charge in [0.25, 0.3) is 0 Å². The first-order chi connectivity index (χ1) is 71.3. The number of hydrogen-bond acceptors (Lipinski definition) is 0. The maximum atomic E-state index is 5.41. The molecule has 5 aliphatic carbocycles. The molecule has 7 aromatic carbocycles. The topological polar surface area (TPSA) is 0 Å². The van der Waals surface area contributed by atoms with E-state index in [0.717, 1.165) is 21.8 Å². The van der Waals surface area contributed by atoms with E-state index in [1.165, 1.54) is 124 Å². The Morgan fingerprint density at radius 2 is 0.892 bits per heavy atom. The summed E-state index contributed by atoms with van der Waals surface area (Å²) in [6.07, 6.45) is 50.0. The van der Waals surface area contributed by atoms with E-state index in [0.29, 0.717) is 0 Å². The molecule has 148 heavy (non-hydrogen) atoms. The zero-order chi connectivity index (χ0) is 107. The van der Waals surface area contributed by atoms with Crippen molar-refractivity contribution in [2.45, 2.75) is 137 Å². The van der Waals surface area contributed by atoms with Gasteiger partial charge in [-0.3, -0.25) is 0 Å². The Kier molecular flexibility index (Phi) is 77.6. The van der Waals surface area contributed by atoms with Crippen LogP contribution in [0.15, 0.2) is 290 Å². The van der Waals surface area contributed by atoms with Crippen LogP contribution in [0.3, 0.4) is 0 Å². The first-order valence-corrected chi connectivity index (χ1v) is 91.0. The molecule has 15 aliphatic rings. The van der Waals surface area contributed by atoms with Gasteiger partial charge in [-0.2, -0.15) is 0 Å². The van der Waals surface area contributed by atoms with Crippen LogP contribution in [0.2, 0.25) is 28.1 Å². The van der Waals surface area contributed by atoms with Gasteiger partial charge in [0.15, 0.2) is 0 Å². The minimum absolute atomic E-state index is 0.00657. The fourth-order valence-corrected chi connectivity index (χ4v) is 67.7. The van der Waals surface area contributed by atoms with Crippen LogP contribution in [-0.4, -0.2) is 585 Å². The van der Waals surface area contributed by atoms with Crippen molar-refractivity contribution in [3.8, 4) is 11.1 Å². The predicted molar refractivity (Wildman–Crippen MR) is 738 cm³/mol. The SMILES string of the molecule is C1=CC2=[CH][Po][CH]=C2CC1.C1=CC2CCC[CH2][Po][CH]2C=C1.C1=CCC2C[CH2][Po][C]2=C1.C1=Cc2cccc[c]2[Po][CH2]1.[B]B([BH])B([B])[B][BH].[B]B([BH])[B][BH].[B]B([B])B(B([B])[B])B([BH])[BH].[B]B([B])B([BH])[BH].[B]B([B])B([B])B([BH])[BH].[B]B([B])B([B][BH])B([B])[BH].[CH]1=CC2=[C](CCC2)[Po]1.[CH]1=CC2=[C](CCCC2)[Po]1.c1cc[c]2[c](c1)[Po][CH2][CH2][Po]2.c1cc[c]2c(c1)CC[CH2][Po]2.c1cc[c]2c(c1)Cc1cccc[c]1[Po]2.c1ccc2[c](c1)[Po][c]1ccccc1-2. The second-order valence-electron chi connectivity index (χ2n) is 36.6. The molecule has 3 unspecified atom stereocenters. The summed E-state index contributed by atoms with van der Waals surface area (Å²) in [7, 11) is 126. The first-order valence-electron chi connectivity index (χ1n) is 50.9. The fourth-order valence-electron chi connectivity index (χ4n) is 15.8. The van der Waals surface area contributed by atoms with E-state index in [1.807, 2.05) is 16.1 Å². The van der Waals surface area contributed by atoms with Crippen molar-refractivity contribution in [1.82, 2.24) is 0 Å². The molecule has 3 atom stereocenters. The molecular weight excluding hydrogens is 3890 g/mol. The quantitative estimate of drug-likeness (QED) is 0.109. The van der Waals surface area contributed by atoms with Crippen LogP contribution in [0, 0.1) is 11.8 Å². The van der Waals surface area contributed by atoms with Crippen LogP contribution in [0.4, 0.5) is 0 Å². The second kappa shape index (κ2) is 82.6. The van der Waals surface area contributed by atoms with Crippen LogP contribution in [0.5, 0.6) is 0 Å². The van der Waals surface area contributed by atoms with Crippen molar-refractivity contribution in [3.05, 3.63) is 312 Å². The van der Waals surface area contributed by atoms with Crippen molar-refractivity contribution >= 4 is 617 Å². The Hall–Kier alpha value is 4.20. The molecule has 0 saturated carbocycles. The molecule has 10 heterocycles. The van der Waals surface area contributed by atoms with Gasteiger partial charge in [-0.25, -0.2) is 0 Å². The van der Waals surface area contributed by atoms with Gasteiger partial charge in [0.2, 0.25) is 0 Å². The molecule has 0 aromatic heterocycles. The van der Waals surface area contributed by atoms with Gasteiger partial charge in [0.1, 0.15) is 0 Å². The van der Waals surface area contributed by atoms with Crippen molar-refractivity contribution in [1.29, 1.82) is 0 Å². The van der Waals surface area contributed by atoms with Crippen LogP contribution in [0.25, 0.3) is 17.2 Å². The average molecular weight is 4000 g/mol. The maximum absolute atomic E-state index is 5.41. The van der Waals surface area contributed by atoms with Crippen LogP contribution < -0.4 is 25.8 Å². The third-order valence-corrected chi connectivity index (χ3v) is 79.5. The number of aryl methyl sites for hydroxylation is 1. The average Bonchev–Trinajstić information content (AvgIpc) is 1.73. The summed E-state index contributed by atoms with van der Waals surface area (Å²) < 4.78 is 39.6. The van der Waals surface area contributed by atoms with Gasteiger partial charge in [-0.15, -0.1) is 0 Å². The van der Waals surface area contributed by atoms with Crippen LogP contribution >= 0.6 is 0 Å². The van der Waals surface area contributed by atoms with Gasteiger partial charge >= 0.3 is 763 Å². The molecular formula is C92H106B45Po11. The molecule has 2 fully saturated rings. The summed E-state index contributed by atoms with van der Waals surface area (Å²) in [6.45, 7) is 0. The predicted octanol–water partition coefficient (Wildman–Crippen LogP) is -4.42. The zero-order valence-corrected chi connectivity index (χ0v) is 121. The molecule has 45 radical (unpaired) electrons. The zero-order valence-electron chi connectivity index (χ0n) is 86.5. The van der Waals surface area contributed by atoms with Gasteiger partial charge in [-0.1, -0.05) is 0 Å². The second-order valence-corrected chi connectivity index (χ2v) is 82.7. The van der Waals surface area contributed by atoms with Gasteiger partial charge in [-0.05, 0) is 0 Å². The normalized spacial score (nSPS) is 16.8. The van der Waals surface area contributed by atoms with E-state index < -0.39 is 72.7 Å². The van der Waals surface area contributed by atoms with Gasteiger partial charge in [0.05, 0.1) is 0 Å². The van der Waals surface area contributed by atoms with Crippen molar-refractivity contribution in [3.63, 3.8) is 0 Å². The molecule has 0 bridgehead atoms. The summed E-state index contributed by atoms with van der Waals surface area (Å²) in [5.41, 5.74) is 15.9. The molecule has 10 aliphatic heterocycles. The Balaban J connectivity index is 0.000000215. The summed E-state index contributed by atoms with van der Waals surface area (Å²) in [5, 5.41) is 0. The summed E-state index contributed by atoms with van der Waals surface area (Å²) in [6, 6.07) is 62.5. The summed E-state index contributed by atoms with van der Waals surface area (Å²) in [5.74, 6) is 1.97. The molecule has 675 valence electrons. The molecule has 7 aromatic rings. The molecule has 56 heteroatoms. The molecule has 2 saturated heterocycles. The van der Waals surface area contributed by atoms with E-state index in [1.54, 1.807) is 99.9 Å². The Morgan fingerprint density at radius 1 is 0.372 bits per heavy atom. The third kappa shape index (κ3) is 55.2. The number of fused-ring (bicyclic) bond motifs is 11. The van der Waals surface area contributed by atoms with Crippen LogP contribution in [-0.2, 0) is 12.8 Å². The summed E-state index contributed by atoms with van der Waals surface area (Å²) >= 11 is -1.36. The Labute approximate surface area is 1070 Å². The van der Waals surface area contributed by atoms with E-state index in [9.17, 15) is 0 Å². The monoisotopic (exact) mass is 4010 g/mol. The number of allylic oxidation sites excluding steroid dienone is 19. The van der Waals surface area contributed by atoms with Crippen LogP contribution in [0.1, 0.15) is 119 Å². The first kappa shape index (κ1) is 139. The van der Waals surface area contributed by atoms with Crippen molar-refractivity contribution < 1.29 is 0 Å². The van der Waals surface area contributed by atoms with Gasteiger partial charge in [0, 0.05) is 326 Å². The number of hydrogen-bond donors (Lipinski definition) is 0. The molecule has 22 rings (SSSR count). The fraction of sp³-hybridized carbons (Fsp3) is 0.283. The number of benzene rings is 7. The molecule has 0 amide bonds. The molecule has 0 nitrogen and oxygen atoms in total. The summed E-state index contributed by atoms with van der Waals surface area (Å²) in [4.78, 5) is 0. The van der Waals surface area contributed by atoms with E-state index in [2.05, 4.69) is 357 Å². The minimum atomic E-state index is -0.542. The van der Waals surface area contributed by atoms with Gasteiger partial charge < -0.3 is 0 Å². The standard InChI is InChI=1S/C13H10.C12H8.C10H14.C9H10.C9H8.C8H8.2C8H10.C7H8.C6H4.C2H4.B10H2.B9H2.B8H2.B7H2.B6H2.B5H2.11Po/c1-3-7-12(8-4-1)11-13-9-5-2-6-10-13;1-3-7-11(8-4-1)12-9-5-2-6-10-12;1-2-3-7-10-8-5-4-6-9-10;2*1-2-6-9-7-4-3-5-8-9;1-7-5-3-4-6-8(7)2;2*1-2-8-6-4-3-5-7-8;1-2-7-5-3-4-6-7;1-2-4-6-5-3-1;1-2;1-7(2)10(8(3)4)9(5)6;1-6-9(7(2)3)8(4)5;1-6(2)8(5)7(3)4;1-5-7(4)6(2)3;1-5(2)6(3)4;1-4-5(2)3;;;;;;;;;;;/h1-7,9H,11H2;1-7,9H;4-6,8-10H,1-3,7H2;3-5,7H,1-2,6H2;2-7H,1H2;1-3,5H,4,6H2;3-5,8H,1-2,6H2;1-2H,3-6H2;1-2H,3-5H2;1-4H;1-2H2;1-2H;1-2H;1-2H;1-2H;1-2H;1-2H;;;;;;;;;;;. The Bertz CT molecular complexity index is 5100. The third-order valence-electron chi connectivity index (χ3n) is 24.6. The van der Waals surface area contributed by atoms with E-state index in [4.69, 9.17) is 116 Å². The van der Waals surface area contributed by atoms with Crippen molar-refractivity contribution in [2.24, 2.45) is 11.8 Å². The molecule has 0 N–H and O–H groups in total. The number of rotatable bonds is 12.